The number of hydrogen-bond donors (Lipinski definition) is 2. The molecule has 17 heteroatoms. The van der Waals surface area contributed by atoms with E-state index in [0.29, 0.717) is 0 Å². The van der Waals surface area contributed by atoms with Crippen LogP contribution in [0.2, 0.25) is 0 Å². The minimum Gasteiger partial charge on any atom is -0.462 e. The van der Waals surface area contributed by atoms with E-state index in [1.54, 1.807) is 0 Å². The minimum atomic E-state index is -7.09. The van der Waals surface area contributed by atoms with Crippen LogP contribution in [0.15, 0.2) is 12.2 Å². The van der Waals surface area contributed by atoms with Crippen molar-refractivity contribution < 1.29 is 62.4 Å². The van der Waals surface area contributed by atoms with Crippen LogP contribution in [0.4, 0.5) is 26.3 Å². The SMILES string of the molecule is C=C(CO)C(=O)OCC1CCN(S(=O)(=O)C(F)(F)C(F)(F)C(F)(F)S(=O)(=O)O)CC1. The monoisotopic (exact) mass is 493 g/mol. The first-order chi connectivity index (χ1) is 13.3. The number of aliphatic hydroxyl groups excluding tert-OH is 1. The van der Waals surface area contributed by atoms with Crippen LogP contribution in [0.3, 0.4) is 0 Å². The molecule has 2 N–H and O–H groups in total. The Bertz CT molecular complexity index is 881. The highest BCUT2D eigenvalue weighted by Crippen LogP contribution is 2.51. The summed E-state index contributed by atoms with van der Waals surface area (Å²) in [7, 11) is -13.6. The van der Waals surface area contributed by atoms with Crippen LogP contribution in [0.5, 0.6) is 0 Å². The molecule has 1 heterocycles. The normalized spacial score (nSPS) is 18.3. The highest BCUT2D eigenvalue weighted by molar-refractivity contribution is 7.90. The Morgan fingerprint density at radius 1 is 1.03 bits per heavy atom. The number of sulfonamides is 1. The topological polar surface area (TPSA) is 138 Å². The van der Waals surface area contributed by atoms with Gasteiger partial charge in [0.05, 0.1) is 18.8 Å². The molecule has 0 aliphatic carbocycles. The van der Waals surface area contributed by atoms with Gasteiger partial charge in [0.15, 0.2) is 0 Å². The van der Waals surface area contributed by atoms with Gasteiger partial charge >= 0.3 is 32.5 Å². The Kier molecular flexibility index (Phi) is 7.63. The number of carbonyl (C=O) groups excluding carboxylic acids is 1. The Labute approximate surface area is 167 Å². The lowest BCUT2D eigenvalue weighted by Gasteiger charge is -2.36. The van der Waals surface area contributed by atoms with Gasteiger partial charge in [-0.15, -0.1) is 0 Å². The summed E-state index contributed by atoms with van der Waals surface area (Å²) >= 11 is 0. The van der Waals surface area contributed by atoms with Crippen LogP contribution in [-0.4, -0.2) is 79.5 Å². The van der Waals surface area contributed by atoms with Gasteiger partial charge in [0.2, 0.25) is 0 Å². The molecule has 0 amide bonds. The lowest BCUT2D eigenvalue weighted by Crippen LogP contribution is -2.63. The first-order valence-corrected chi connectivity index (χ1v) is 10.8. The largest absolute Gasteiger partial charge is 0.462 e. The van der Waals surface area contributed by atoms with E-state index in [0.717, 1.165) is 0 Å². The van der Waals surface area contributed by atoms with Gasteiger partial charge in [0.1, 0.15) is 0 Å². The third kappa shape index (κ3) is 4.58. The molecule has 0 bridgehead atoms. The molecule has 0 unspecified atom stereocenters. The third-order valence-electron chi connectivity index (χ3n) is 4.22. The number of alkyl halides is 6. The Hall–Kier alpha value is -1.43. The van der Waals surface area contributed by atoms with Crippen molar-refractivity contribution in [3.63, 3.8) is 0 Å². The molecule has 1 aliphatic rings. The van der Waals surface area contributed by atoms with Gasteiger partial charge in [0, 0.05) is 13.1 Å². The number of aliphatic hydroxyl groups is 1. The Morgan fingerprint density at radius 3 is 1.90 bits per heavy atom. The van der Waals surface area contributed by atoms with Crippen LogP contribution in [0.1, 0.15) is 12.8 Å². The van der Waals surface area contributed by atoms with Gasteiger partial charge in [-0.25, -0.2) is 13.2 Å². The Morgan fingerprint density at radius 2 is 1.50 bits per heavy atom. The van der Waals surface area contributed by atoms with Gasteiger partial charge in [0.25, 0.3) is 10.0 Å². The quantitative estimate of drug-likeness (QED) is 0.209. The van der Waals surface area contributed by atoms with Crippen LogP contribution < -0.4 is 0 Å². The van der Waals surface area contributed by atoms with Crippen molar-refractivity contribution in [2.24, 2.45) is 5.92 Å². The van der Waals surface area contributed by atoms with Crippen molar-refractivity contribution in [3.05, 3.63) is 12.2 Å². The summed E-state index contributed by atoms with van der Waals surface area (Å²) in [5.41, 5.74) is -0.295. The zero-order valence-electron chi connectivity index (χ0n) is 14.9. The average molecular weight is 493 g/mol. The molecule has 0 spiro atoms. The van der Waals surface area contributed by atoms with Crippen molar-refractivity contribution in [2.45, 2.75) is 29.3 Å². The second-order valence-electron chi connectivity index (χ2n) is 6.29. The summed E-state index contributed by atoms with van der Waals surface area (Å²) in [5, 5.41) is -4.68. The second kappa shape index (κ2) is 8.60. The van der Waals surface area contributed by atoms with E-state index in [4.69, 9.17) is 14.4 Å². The number of rotatable bonds is 9. The average Bonchev–Trinajstić information content (AvgIpc) is 2.64. The fourth-order valence-electron chi connectivity index (χ4n) is 2.33. The maximum absolute atomic E-state index is 13.9. The second-order valence-corrected chi connectivity index (χ2v) is 9.73. The molecule has 9 nitrogen and oxygen atoms in total. The van der Waals surface area contributed by atoms with E-state index in [2.05, 4.69) is 6.58 Å². The van der Waals surface area contributed by atoms with Crippen molar-refractivity contribution in [1.29, 1.82) is 0 Å². The molecule has 0 saturated carbocycles. The zero-order valence-corrected chi connectivity index (χ0v) is 16.5. The molecule has 30 heavy (non-hydrogen) atoms. The Balaban J connectivity index is 2.96. The predicted molar refractivity (Wildman–Crippen MR) is 86.8 cm³/mol. The summed E-state index contributed by atoms with van der Waals surface area (Å²) in [6.07, 6.45) is -0.594. The van der Waals surface area contributed by atoms with Gasteiger partial charge in [-0.2, -0.15) is 39.1 Å². The summed E-state index contributed by atoms with van der Waals surface area (Å²) in [6, 6.07) is 0. The van der Waals surface area contributed by atoms with Crippen LogP contribution in [0.25, 0.3) is 0 Å². The summed E-state index contributed by atoms with van der Waals surface area (Å²) < 4.78 is 139. The molecular weight excluding hydrogens is 476 g/mol. The number of carbonyl (C=O) groups is 1. The maximum atomic E-state index is 13.9. The molecule has 0 aromatic heterocycles. The first kappa shape index (κ1) is 26.6. The van der Waals surface area contributed by atoms with E-state index in [-0.39, 0.29) is 29.3 Å². The third-order valence-corrected chi connectivity index (χ3v) is 7.08. The number of halogens is 6. The molecule has 0 aromatic rings. The molecule has 1 saturated heterocycles. The predicted octanol–water partition coefficient (Wildman–Crippen LogP) is 0.829. The molecule has 1 rings (SSSR count). The summed E-state index contributed by atoms with van der Waals surface area (Å²) in [6.45, 7) is 0.425. The highest BCUT2D eigenvalue weighted by Gasteiger charge is 2.82. The van der Waals surface area contributed by atoms with Crippen LogP contribution in [0, 0.1) is 5.92 Å². The van der Waals surface area contributed by atoms with Gasteiger partial charge in [-0.3, -0.25) is 4.55 Å². The lowest BCUT2D eigenvalue weighted by atomic mass is 9.99. The number of esters is 1. The fraction of sp³-hybridized carbons (Fsp3) is 0.769. The summed E-state index contributed by atoms with van der Waals surface area (Å²) in [5.74, 6) is -8.59. The van der Waals surface area contributed by atoms with Gasteiger partial charge < -0.3 is 9.84 Å². The van der Waals surface area contributed by atoms with E-state index in [9.17, 15) is 48.0 Å². The van der Waals surface area contributed by atoms with Crippen molar-refractivity contribution in [3.8, 4) is 0 Å². The zero-order chi connectivity index (χ0) is 23.8. The van der Waals surface area contributed by atoms with E-state index in [1.807, 2.05) is 0 Å². The van der Waals surface area contributed by atoms with Crippen LogP contribution >= 0.6 is 0 Å². The van der Waals surface area contributed by atoms with Gasteiger partial charge in [-0.05, 0) is 18.8 Å². The molecule has 0 radical (unpaired) electrons. The highest BCUT2D eigenvalue weighted by atomic mass is 32.2. The van der Waals surface area contributed by atoms with E-state index >= 15 is 0 Å². The first-order valence-electron chi connectivity index (χ1n) is 7.90. The minimum absolute atomic E-state index is 0.230. The fourth-order valence-corrected chi connectivity index (χ4v) is 4.32. The van der Waals surface area contributed by atoms with E-state index in [1.165, 1.54) is 0 Å². The van der Waals surface area contributed by atoms with Crippen molar-refractivity contribution in [2.75, 3.05) is 26.3 Å². The van der Waals surface area contributed by atoms with Crippen molar-refractivity contribution in [1.82, 2.24) is 4.31 Å². The molecule has 1 fully saturated rings. The molecule has 0 atom stereocenters. The molecule has 1 aliphatic heterocycles. The maximum Gasteiger partial charge on any atom is 0.439 e. The number of nitrogens with zero attached hydrogens (tertiary/aromatic N) is 1. The molecule has 0 aromatic carbocycles. The van der Waals surface area contributed by atoms with Gasteiger partial charge in [-0.1, -0.05) is 6.58 Å². The molecular formula is C13H17F6NO8S2. The standard InChI is InChI=1S/C13H17F6NO8S2/c1-8(6-21)10(22)28-7-9-2-4-20(5-3-9)29(23,24)12(16,17)11(14,15)13(18,19)30(25,26)27/h9,21H,1-7H2,(H,25,26,27). The number of piperidine rings is 1. The van der Waals surface area contributed by atoms with Crippen LogP contribution in [-0.2, 0) is 29.7 Å². The number of ether oxygens (including phenoxy) is 1. The lowest BCUT2D eigenvalue weighted by molar-refractivity contribution is -0.247. The number of hydrogen-bond acceptors (Lipinski definition) is 7. The smallest absolute Gasteiger partial charge is 0.439 e. The molecule has 176 valence electrons. The van der Waals surface area contributed by atoms with Crippen molar-refractivity contribution >= 4 is 26.1 Å². The summed E-state index contributed by atoms with van der Waals surface area (Å²) in [4.78, 5) is 11.3. The van der Waals surface area contributed by atoms with E-state index < -0.39 is 68.2 Å².